The molecule has 290 valence electrons. The second-order valence-electron chi connectivity index (χ2n) is 14.9. The quantitative estimate of drug-likeness (QED) is 0.0822. The Balaban J connectivity index is 0.000000174. The first-order chi connectivity index (χ1) is 27.7. The molecular weight excluding hydrogens is 717 g/mol. The Kier molecular flexibility index (Phi) is 11.8. The van der Waals surface area contributed by atoms with Crippen molar-refractivity contribution < 1.29 is 23.9 Å². The van der Waals surface area contributed by atoms with Crippen molar-refractivity contribution in [2.75, 3.05) is 23.7 Å². The van der Waals surface area contributed by atoms with Gasteiger partial charge < -0.3 is 26.5 Å². The molecule has 0 aliphatic heterocycles. The van der Waals surface area contributed by atoms with Crippen LogP contribution in [0.5, 0.6) is 0 Å². The van der Waals surface area contributed by atoms with Crippen LogP contribution < -0.4 is 26.0 Å². The summed E-state index contributed by atoms with van der Waals surface area (Å²) in [6.07, 6.45) is 9.74. The van der Waals surface area contributed by atoms with E-state index in [0.29, 0.717) is 46.5 Å². The summed E-state index contributed by atoms with van der Waals surface area (Å²) in [5.74, 6) is -0.310. The number of nitrogens with one attached hydrogen (secondary N) is 4. The zero-order valence-electron chi connectivity index (χ0n) is 32.1. The molecule has 2 aliphatic rings. The van der Waals surface area contributed by atoms with Crippen molar-refractivity contribution in [3.63, 3.8) is 0 Å². The second kappa shape index (κ2) is 17.5. The molecule has 4 amide bonds. The summed E-state index contributed by atoms with van der Waals surface area (Å²) in [5.41, 5.74) is 4.02. The Bertz CT molecular complexity index is 2470. The lowest BCUT2D eigenvalue weighted by Gasteiger charge is -2.25. The van der Waals surface area contributed by atoms with Gasteiger partial charge in [0.05, 0.1) is 5.69 Å². The number of benzene rings is 4. The number of carbonyl (C=O) groups excluding carboxylic acids is 4. The number of fused-ring (bicyclic) bond motifs is 2. The summed E-state index contributed by atoms with van der Waals surface area (Å²) in [6, 6.07) is 29.4. The van der Waals surface area contributed by atoms with Gasteiger partial charge in [0.2, 0.25) is 0 Å². The summed E-state index contributed by atoms with van der Waals surface area (Å²) in [6.45, 7) is 5.22. The number of hydrogen-bond acceptors (Lipinski definition) is 6. The number of pyridine rings is 2. The highest BCUT2D eigenvalue weighted by Gasteiger charge is 2.26. The fourth-order valence-electron chi connectivity index (χ4n) is 7.21. The van der Waals surface area contributed by atoms with Gasteiger partial charge in [0.25, 0.3) is 17.7 Å². The molecule has 4 N–H and O–H groups in total. The number of rotatable bonds is 10. The van der Waals surface area contributed by atoms with Crippen molar-refractivity contribution in [2.45, 2.75) is 52.4 Å². The first kappa shape index (κ1) is 38.6. The molecule has 2 aliphatic carbocycles. The molecule has 0 bridgehead atoms. The minimum absolute atomic E-state index is 0.100. The SMILES string of the molecule is Cc1ccc(C(=O)Nc2ccc[n+]([O-])c2C(=O)NCC2CCC2)c2ccccc12.Cc1ccc(C(=O)Nc2cccnc2C(=O)NCC2CCC2)c2ccccc12. The van der Waals surface area contributed by atoms with Gasteiger partial charge in [0, 0.05) is 36.5 Å². The molecule has 0 spiro atoms. The van der Waals surface area contributed by atoms with Gasteiger partial charge in [0.15, 0.2) is 11.9 Å². The molecule has 0 atom stereocenters. The van der Waals surface area contributed by atoms with E-state index >= 15 is 0 Å². The summed E-state index contributed by atoms with van der Waals surface area (Å²) in [4.78, 5) is 55.3. The van der Waals surface area contributed by atoms with Gasteiger partial charge in [-0.3, -0.25) is 19.2 Å². The van der Waals surface area contributed by atoms with Crippen molar-refractivity contribution in [3.05, 3.63) is 148 Å². The summed E-state index contributed by atoms with van der Waals surface area (Å²) in [5, 5.41) is 27.4. The summed E-state index contributed by atoms with van der Waals surface area (Å²) in [7, 11) is 0. The third-order valence-electron chi connectivity index (χ3n) is 11.0. The molecule has 57 heavy (non-hydrogen) atoms. The Morgan fingerprint density at radius 2 is 1.09 bits per heavy atom. The van der Waals surface area contributed by atoms with Crippen LogP contribution in [-0.2, 0) is 0 Å². The van der Waals surface area contributed by atoms with Crippen LogP contribution in [-0.4, -0.2) is 41.7 Å². The molecule has 11 nitrogen and oxygen atoms in total. The standard InChI is InChI=1S/C23H23N3O3.C23H23N3O2/c1-15-11-12-19(18-9-3-2-8-17(15)18)22(27)25-20-10-5-13-26(29)21(20)23(28)24-14-16-6-4-7-16;1-15-11-12-19(18-9-3-2-8-17(15)18)22(27)26-20-10-5-13-24-21(20)23(28)25-14-16-6-4-7-16/h2-3,5,8-13,16H,4,6-7,14H2,1H3,(H,24,28)(H,25,27);2-3,5,8-13,16H,4,6-7,14H2,1H3,(H,25,28)(H,26,27). The van der Waals surface area contributed by atoms with Crippen molar-refractivity contribution in [1.82, 2.24) is 15.6 Å². The zero-order valence-corrected chi connectivity index (χ0v) is 32.1. The van der Waals surface area contributed by atoms with Crippen molar-refractivity contribution in [2.24, 2.45) is 11.8 Å². The summed E-state index contributed by atoms with van der Waals surface area (Å²) >= 11 is 0. The first-order valence-electron chi connectivity index (χ1n) is 19.5. The maximum atomic E-state index is 13.0. The Hall–Kier alpha value is -6.62. The van der Waals surface area contributed by atoms with E-state index in [9.17, 15) is 24.4 Å². The zero-order chi connectivity index (χ0) is 39.9. The Morgan fingerprint density at radius 3 is 1.61 bits per heavy atom. The van der Waals surface area contributed by atoms with E-state index in [1.54, 1.807) is 30.5 Å². The molecule has 2 aromatic heterocycles. The van der Waals surface area contributed by atoms with Gasteiger partial charge in [-0.05, 0) is 114 Å². The summed E-state index contributed by atoms with van der Waals surface area (Å²) < 4.78 is 0.499. The molecule has 0 unspecified atom stereocenters. The van der Waals surface area contributed by atoms with Crippen LogP contribution in [0.2, 0.25) is 0 Å². The molecule has 11 heteroatoms. The topological polar surface area (TPSA) is 156 Å². The van der Waals surface area contributed by atoms with E-state index in [2.05, 4.69) is 26.3 Å². The van der Waals surface area contributed by atoms with Crippen LogP contribution >= 0.6 is 0 Å². The van der Waals surface area contributed by atoms with Gasteiger partial charge in [-0.25, -0.2) is 4.98 Å². The monoisotopic (exact) mass is 762 g/mol. The van der Waals surface area contributed by atoms with Crippen LogP contribution in [0.4, 0.5) is 11.4 Å². The van der Waals surface area contributed by atoms with Gasteiger partial charge in [-0.1, -0.05) is 73.5 Å². The molecule has 6 aromatic rings. The molecule has 0 saturated heterocycles. The normalized spacial score (nSPS) is 13.7. The number of aryl methyl sites for hydroxylation is 2. The third kappa shape index (κ3) is 8.78. The van der Waals surface area contributed by atoms with Crippen molar-refractivity contribution in [3.8, 4) is 0 Å². The lowest BCUT2D eigenvalue weighted by atomic mass is 9.85. The van der Waals surface area contributed by atoms with E-state index in [0.717, 1.165) is 58.4 Å². The van der Waals surface area contributed by atoms with Crippen molar-refractivity contribution >= 4 is 56.5 Å². The highest BCUT2D eigenvalue weighted by molar-refractivity contribution is 6.16. The van der Waals surface area contributed by atoms with Crippen LogP contribution in [0.3, 0.4) is 0 Å². The third-order valence-corrected chi connectivity index (χ3v) is 11.0. The van der Waals surface area contributed by atoms with Crippen LogP contribution in [0.25, 0.3) is 21.5 Å². The van der Waals surface area contributed by atoms with Crippen molar-refractivity contribution in [1.29, 1.82) is 0 Å². The van der Waals surface area contributed by atoms with Crippen LogP contribution in [0.15, 0.2) is 109 Å². The highest BCUT2D eigenvalue weighted by Crippen LogP contribution is 2.28. The van der Waals surface area contributed by atoms with Crippen LogP contribution in [0, 0.1) is 30.9 Å². The number of anilines is 2. The molecule has 2 fully saturated rings. The van der Waals surface area contributed by atoms with Gasteiger partial charge in [-0.2, -0.15) is 4.73 Å². The van der Waals surface area contributed by atoms with E-state index in [1.807, 2.05) is 80.6 Å². The largest absolute Gasteiger partial charge is 0.618 e. The Morgan fingerprint density at radius 1 is 0.596 bits per heavy atom. The maximum absolute atomic E-state index is 13.0. The van der Waals surface area contributed by atoms with E-state index in [4.69, 9.17) is 0 Å². The molecule has 2 saturated carbocycles. The van der Waals surface area contributed by atoms with E-state index < -0.39 is 5.91 Å². The minimum Gasteiger partial charge on any atom is -0.618 e. The lowest BCUT2D eigenvalue weighted by molar-refractivity contribution is -0.607. The van der Waals surface area contributed by atoms with Crippen LogP contribution in [0.1, 0.15) is 91.3 Å². The number of aromatic nitrogens is 2. The number of hydrogen-bond donors (Lipinski definition) is 4. The number of carbonyl (C=O) groups is 4. The lowest BCUT2D eigenvalue weighted by Crippen LogP contribution is -2.42. The second-order valence-corrected chi connectivity index (χ2v) is 14.9. The fraction of sp³-hybridized carbons (Fsp3) is 0.261. The Labute approximate surface area is 331 Å². The predicted octanol–water partition coefficient (Wildman–Crippen LogP) is 7.89. The van der Waals surface area contributed by atoms with E-state index in [-0.39, 0.29) is 34.8 Å². The number of amides is 4. The predicted molar refractivity (Wildman–Crippen MR) is 222 cm³/mol. The smallest absolute Gasteiger partial charge is 0.319 e. The highest BCUT2D eigenvalue weighted by atomic mass is 16.5. The molecule has 0 radical (unpaired) electrons. The first-order valence-corrected chi connectivity index (χ1v) is 19.5. The molecule has 8 rings (SSSR count). The molecular formula is C46H46N6O5. The molecule has 4 aromatic carbocycles. The maximum Gasteiger partial charge on any atom is 0.319 e. The van der Waals surface area contributed by atoms with E-state index in [1.165, 1.54) is 25.1 Å². The van der Waals surface area contributed by atoms with Gasteiger partial charge in [-0.15, -0.1) is 0 Å². The average Bonchev–Trinajstić information content (AvgIpc) is 3.17. The van der Waals surface area contributed by atoms with Gasteiger partial charge in [0.1, 0.15) is 5.69 Å². The minimum atomic E-state index is -0.475. The molecule has 2 heterocycles. The van der Waals surface area contributed by atoms with Gasteiger partial charge >= 0.3 is 11.6 Å². The average molecular weight is 763 g/mol. The fourth-order valence-corrected chi connectivity index (χ4v) is 7.21. The number of nitrogens with zero attached hydrogens (tertiary/aromatic N) is 2.